The van der Waals surface area contributed by atoms with Crippen LogP contribution in [0.4, 0.5) is 16.2 Å². The molecule has 1 aliphatic rings. The van der Waals surface area contributed by atoms with E-state index in [1.54, 1.807) is 43.5 Å². The molecular formula is C32H40N4O4. The molecule has 1 heterocycles. The molecule has 0 bridgehead atoms. The normalized spacial score (nSPS) is 16.1. The number of nitrogens with zero attached hydrogens (tertiary/aromatic N) is 1. The van der Waals surface area contributed by atoms with E-state index in [1.165, 1.54) is 19.3 Å². The SMILES string of the molecule is COc1ccc(NC(=O)c2ccc(-c3cccc(NC(N)=O)c3)cc2)cc1OCCN1C(C)(C)CCCC1(C)C. The van der Waals surface area contributed by atoms with Crippen LogP contribution in [0, 0.1) is 0 Å². The fraction of sp³-hybridized carbons (Fsp3) is 0.375. The second kappa shape index (κ2) is 12.0. The summed E-state index contributed by atoms with van der Waals surface area (Å²) in [6.45, 7) is 10.5. The molecular weight excluding hydrogens is 504 g/mol. The molecule has 3 amide bonds. The zero-order valence-electron chi connectivity index (χ0n) is 24.0. The third-order valence-electron chi connectivity index (χ3n) is 7.64. The molecule has 1 aliphatic heterocycles. The molecule has 0 saturated carbocycles. The van der Waals surface area contributed by atoms with Gasteiger partial charge in [0.05, 0.1) is 7.11 Å². The van der Waals surface area contributed by atoms with Crippen molar-refractivity contribution in [2.24, 2.45) is 5.73 Å². The number of carbonyl (C=O) groups is 2. The number of piperidine rings is 1. The van der Waals surface area contributed by atoms with Crippen LogP contribution >= 0.6 is 0 Å². The molecule has 0 aromatic heterocycles. The summed E-state index contributed by atoms with van der Waals surface area (Å²) >= 11 is 0. The highest BCUT2D eigenvalue weighted by molar-refractivity contribution is 6.04. The smallest absolute Gasteiger partial charge is 0.316 e. The lowest BCUT2D eigenvalue weighted by Gasteiger charge is -2.53. The van der Waals surface area contributed by atoms with Gasteiger partial charge in [0, 0.05) is 40.6 Å². The van der Waals surface area contributed by atoms with Crippen LogP contribution < -0.4 is 25.8 Å². The number of ether oxygens (including phenoxy) is 2. The Morgan fingerprint density at radius 1 is 0.850 bits per heavy atom. The van der Waals surface area contributed by atoms with Gasteiger partial charge in [0.15, 0.2) is 11.5 Å². The van der Waals surface area contributed by atoms with Gasteiger partial charge >= 0.3 is 6.03 Å². The van der Waals surface area contributed by atoms with Crippen LogP contribution in [0.1, 0.15) is 57.3 Å². The maximum Gasteiger partial charge on any atom is 0.316 e. The van der Waals surface area contributed by atoms with Crippen LogP contribution in [0.25, 0.3) is 11.1 Å². The molecule has 0 atom stereocenters. The summed E-state index contributed by atoms with van der Waals surface area (Å²) in [4.78, 5) is 26.7. The quantitative estimate of drug-likeness (QED) is 0.284. The average Bonchev–Trinajstić information content (AvgIpc) is 2.90. The number of methoxy groups -OCH3 is 1. The van der Waals surface area contributed by atoms with E-state index in [2.05, 4.69) is 43.2 Å². The number of hydrogen-bond donors (Lipinski definition) is 3. The average molecular weight is 545 g/mol. The van der Waals surface area contributed by atoms with Crippen molar-refractivity contribution < 1.29 is 19.1 Å². The number of amides is 3. The third kappa shape index (κ3) is 6.93. The maximum absolute atomic E-state index is 13.0. The van der Waals surface area contributed by atoms with Crippen LogP contribution in [0.15, 0.2) is 66.7 Å². The Morgan fingerprint density at radius 3 is 2.17 bits per heavy atom. The monoisotopic (exact) mass is 544 g/mol. The minimum absolute atomic E-state index is 0.115. The number of hydrogen-bond acceptors (Lipinski definition) is 5. The predicted molar refractivity (Wildman–Crippen MR) is 160 cm³/mol. The topological polar surface area (TPSA) is 106 Å². The summed E-state index contributed by atoms with van der Waals surface area (Å²) in [5, 5.41) is 5.53. The highest BCUT2D eigenvalue weighted by atomic mass is 16.5. The number of carbonyl (C=O) groups excluding carboxylic acids is 2. The maximum atomic E-state index is 13.0. The van der Waals surface area contributed by atoms with E-state index in [-0.39, 0.29) is 17.0 Å². The van der Waals surface area contributed by atoms with Crippen molar-refractivity contribution in [3.63, 3.8) is 0 Å². The van der Waals surface area contributed by atoms with Gasteiger partial charge in [-0.15, -0.1) is 0 Å². The minimum atomic E-state index is -0.619. The van der Waals surface area contributed by atoms with E-state index in [1.807, 2.05) is 30.3 Å². The number of primary amides is 1. The molecule has 212 valence electrons. The Labute approximate surface area is 236 Å². The molecule has 3 aromatic rings. The van der Waals surface area contributed by atoms with Crippen LogP contribution in [0.5, 0.6) is 11.5 Å². The molecule has 0 radical (unpaired) electrons. The van der Waals surface area contributed by atoms with E-state index in [4.69, 9.17) is 15.2 Å². The second-order valence-electron chi connectivity index (χ2n) is 11.4. The lowest BCUT2D eigenvalue weighted by molar-refractivity contribution is -0.0341. The Kier molecular flexibility index (Phi) is 8.69. The van der Waals surface area contributed by atoms with E-state index in [0.717, 1.165) is 17.7 Å². The summed E-state index contributed by atoms with van der Waals surface area (Å²) in [7, 11) is 1.61. The van der Waals surface area contributed by atoms with Crippen LogP contribution in [0.2, 0.25) is 0 Å². The number of urea groups is 1. The molecule has 0 spiro atoms. The number of likely N-dealkylation sites (tertiary alicyclic amines) is 1. The van der Waals surface area contributed by atoms with Crippen LogP contribution in [0.3, 0.4) is 0 Å². The van der Waals surface area contributed by atoms with Gasteiger partial charge < -0.3 is 25.8 Å². The Balaban J connectivity index is 1.41. The molecule has 4 N–H and O–H groups in total. The summed E-state index contributed by atoms with van der Waals surface area (Å²) in [6.07, 6.45) is 3.57. The minimum Gasteiger partial charge on any atom is -0.493 e. The first-order valence-electron chi connectivity index (χ1n) is 13.7. The Morgan fingerprint density at radius 2 is 1.52 bits per heavy atom. The van der Waals surface area contributed by atoms with Gasteiger partial charge in [-0.25, -0.2) is 4.79 Å². The number of rotatable bonds is 9. The van der Waals surface area contributed by atoms with E-state index < -0.39 is 6.03 Å². The van der Waals surface area contributed by atoms with E-state index in [0.29, 0.717) is 35.0 Å². The van der Waals surface area contributed by atoms with Gasteiger partial charge in [0.2, 0.25) is 0 Å². The fourth-order valence-corrected chi connectivity index (χ4v) is 5.70. The lowest BCUT2D eigenvalue weighted by atomic mass is 9.80. The predicted octanol–water partition coefficient (Wildman–Crippen LogP) is 6.53. The highest BCUT2D eigenvalue weighted by Gasteiger charge is 2.40. The summed E-state index contributed by atoms with van der Waals surface area (Å²) in [5.74, 6) is 0.976. The molecule has 40 heavy (non-hydrogen) atoms. The largest absolute Gasteiger partial charge is 0.493 e. The Hall–Kier alpha value is -4.04. The van der Waals surface area contributed by atoms with Crippen molar-refractivity contribution in [2.45, 2.75) is 58.0 Å². The number of anilines is 2. The van der Waals surface area contributed by atoms with Crippen molar-refractivity contribution in [3.05, 3.63) is 72.3 Å². The third-order valence-corrected chi connectivity index (χ3v) is 7.64. The molecule has 3 aromatic carbocycles. The fourth-order valence-electron chi connectivity index (χ4n) is 5.70. The van der Waals surface area contributed by atoms with Gasteiger partial charge in [0.1, 0.15) is 6.61 Å². The van der Waals surface area contributed by atoms with E-state index in [9.17, 15) is 9.59 Å². The van der Waals surface area contributed by atoms with Gasteiger partial charge in [-0.05, 0) is 94.5 Å². The second-order valence-corrected chi connectivity index (χ2v) is 11.4. The van der Waals surface area contributed by atoms with Crippen molar-refractivity contribution >= 4 is 23.3 Å². The van der Waals surface area contributed by atoms with E-state index >= 15 is 0 Å². The number of nitrogens with one attached hydrogen (secondary N) is 2. The lowest BCUT2D eigenvalue weighted by Crippen LogP contribution is -2.59. The molecule has 8 nitrogen and oxygen atoms in total. The van der Waals surface area contributed by atoms with Gasteiger partial charge in [0.25, 0.3) is 5.91 Å². The van der Waals surface area contributed by atoms with Crippen molar-refractivity contribution in [1.82, 2.24) is 4.90 Å². The molecule has 8 heteroatoms. The molecule has 0 unspecified atom stereocenters. The van der Waals surface area contributed by atoms with Crippen LogP contribution in [-0.2, 0) is 0 Å². The van der Waals surface area contributed by atoms with Crippen molar-refractivity contribution in [2.75, 3.05) is 30.9 Å². The summed E-state index contributed by atoms with van der Waals surface area (Å²) in [6, 6.07) is 19.4. The summed E-state index contributed by atoms with van der Waals surface area (Å²) in [5.41, 5.74) is 8.99. The van der Waals surface area contributed by atoms with Crippen LogP contribution in [-0.4, -0.2) is 48.2 Å². The standard InChI is InChI=1S/C32H40N4O4/c1-31(2)16-7-17-32(3,4)36(31)18-19-40-28-21-26(14-15-27(28)39-5)34-29(37)23-12-10-22(11-13-23)24-8-6-9-25(20-24)35-30(33)38/h6,8-15,20-21H,7,16-19H2,1-5H3,(H,34,37)(H3,33,35,38). The van der Waals surface area contributed by atoms with Gasteiger partial charge in [-0.2, -0.15) is 0 Å². The number of benzene rings is 3. The van der Waals surface area contributed by atoms with Gasteiger partial charge in [-0.1, -0.05) is 24.3 Å². The van der Waals surface area contributed by atoms with Crippen molar-refractivity contribution in [3.8, 4) is 22.6 Å². The first kappa shape index (κ1) is 29.0. The molecule has 1 fully saturated rings. The molecule has 4 rings (SSSR count). The highest BCUT2D eigenvalue weighted by Crippen LogP contribution is 2.38. The zero-order chi connectivity index (χ0) is 28.9. The number of nitrogens with two attached hydrogens (primary N) is 1. The Bertz CT molecular complexity index is 1340. The first-order valence-corrected chi connectivity index (χ1v) is 13.7. The van der Waals surface area contributed by atoms with Crippen molar-refractivity contribution in [1.29, 1.82) is 0 Å². The molecule has 0 aliphatic carbocycles. The van der Waals surface area contributed by atoms with Gasteiger partial charge in [-0.3, -0.25) is 9.69 Å². The first-order chi connectivity index (χ1) is 19.0. The summed E-state index contributed by atoms with van der Waals surface area (Å²) < 4.78 is 11.7. The zero-order valence-corrected chi connectivity index (χ0v) is 24.0. The molecule has 1 saturated heterocycles.